The van der Waals surface area contributed by atoms with Gasteiger partial charge in [0, 0.05) is 25.1 Å². The molecule has 122 valence electrons. The molecule has 1 saturated heterocycles. The molecule has 0 spiro atoms. The smallest absolute Gasteiger partial charge is 0.235 e. The van der Waals surface area contributed by atoms with Crippen molar-refractivity contribution in [3.63, 3.8) is 0 Å². The third kappa shape index (κ3) is 3.73. The number of nitrogens with zero attached hydrogens (tertiary/aromatic N) is 1. The molecular formula is C16H18N2O4S. The van der Waals surface area contributed by atoms with Gasteiger partial charge in [-0.15, -0.1) is 0 Å². The van der Waals surface area contributed by atoms with E-state index in [1.165, 1.54) is 4.31 Å². The largest absolute Gasteiger partial charge is 0.469 e. The molecule has 0 radical (unpaired) electrons. The summed E-state index contributed by atoms with van der Waals surface area (Å²) in [6.07, 6.45) is 3.10. The van der Waals surface area contributed by atoms with Crippen LogP contribution in [0.15, 0.2) is 47.1 Å². The lowest BCUT2D eigenvalue weighted by Crippen LogP contribution is -2.25. The fourth-order valence-corrected chi connectivity index (χ4v) is 4.12. The fourth-order valence-electron chi connectivity index (χ4n) is 2.56. The summed E-state index contributed by atoms with van der Waals surface area (Å²) in [6, 6.07) is 10.5. The Morgan fingerprint density at radius 2 is 2.00 bits per heavy atom. The van der Waals surface area contributed by atoms with E-state index in [0.717, 1.165) is 5.76 Å². The molecule has 1 aliphatic heterocycles. The number of hydrogen-bond donors (Lipinski definition) is 1. The van der Waals surface area contributed by atoms with Gasteiger partial charge in [0.05, 0.1) is 17.7 Å². The second-order valence-electron chi connectivity index (χ2n) is 5.42. The van der Waals surface area contributed by atoms with Crippen LogP contribution in [-0.4, -0.2) is 26.6 Å². The maximum absolute atomic E-state index is 11.9. The van der Waals surface area contributed by atoms with Crippen molar-refractivity contribution in [2.24, 2.45) is 0 Å². The van der Waals surface area contributed by atoms with Crippen LogP contribution in [0.3, 0.4) is 0 Å². The van der Waals surface area contributed by atoms with Gasteiger partial charge in [-0.3, -0.25) is 9.10 Å². The zero-order valence-corrected chi connectivity index (χ0v) is 13.4. The molecule has 0 bridgehead atoms. The number of nitrogens with one attached hydrogen (secondary N) is 1. The third-order valence-corrected chi connectivity index (χ3v) is 5.59. The Labute approximate surface area is 135 Å². The van der Waals surface area contributed by atoms with Crippen LogP contribution in [0.4, 0.5) is 11.4 Å². The minimum Gasteiger partial charge on any atom is -0.469 e. The minimum absolute atomic E-state index is 0.108. The predicted molar refractivity (Wildman–Crippen MR) is 87.9 cm³/mol. The second kappa shape index (κ2) is 6.45. The molecule has 6 nitrogen and oxygen atoms in total. The number of sulfonamides is 1. The van der Waals surface area contributed by atoms with E-state index in [-0.39, 0.29) is 11.7 Å². The number of anilines is 2. The Balaban J connectivity index is 1.58. The van der Waals surface area contributed by atoms with Crippen LogP contribution in [0.5, 0.6) is 0 Å². The summed E-state index contributed by atoms with van der Waals surface area (Å²) in [7, 11) is -3.17. The van der Waals surface area contributed by atoms with E-state index in [1.54, 1.807) is 36.6 Å². The summed E-state index contributed by atoms with van der Waals surface area (Å²) in [6.45, 7) is 0.511. The number of furan rings is 1. The average Bonchev–Trinajstić information content (AvgIpc) is 3.15. The predicted octanol–water partition coefficient (Wildman–Crippen LogP) is 2.39. The first-order valence-electron chi connectivity index (χ1n) is 7.47. The van der Waals surface area contributed by atoms with E-state index < -0.39 is 10.0 Å². The number of rotatable bonds is 5. The fraction of sp³-hybridized carbons (Fsp3) is 0.312. The highest BCUT2D eigenvalue weighted by molar-refractivity contribution is 7.93. The van der Waals surface area contributed by atoms with Gasteiger partial charge in [0.15, 0.2) is 0 Å². The van der Waals surface area contributed by atoms with Gasteiger partial charge in [-0.25, -0.2) is 8.42 Å². The van der Waals surface area contributed by atoms with E-state index in [1.807, 2.05) is 6.07 Å². The first-order valence-corrected chi connectivity index (χ1v) is 9.08. The van der Waals surface area contributed by atoms with Crippen molar-refractivity contribution in [3.8, 4) is 0 Å². The van der Waals surface area contributed by atoms with E-state index in [2.05, 4.69) is 5.32 Å². The Morgan fingerprint density at radius 3 is 2.61 bits per heavy atom. The molecule has 0 saturated carbocycles. The molecule has 1 N–H and O–H groups in total. The number of hydrogen-bond acceptors (Lipinski definition) is 4. The van der Waals surface area contributed by atoms with Crippen molar-refractivity contribution >= 4 is 27.3 Å². The van der Waals surface area contributed by atoms with E-state index in [9.17, 15) is 13.2 Å². The van der Waals surface area contributed by atoms with Gasteiger partial charge < -0.3 is 9.73 Å². The van der Waals surface area contributed by atoms with Crippen molar-refractivity contribution in [2.75, 3.05) is 21.9 Å². The number of carbonyl (C=O) groups is 1. The van der Waals surface area contributed by atoms with Gasteiger partial charge in [-0.1, -0.05) is 0 Å². The van der Waals surface area contributed by atoms with Gasteiger partial charge in [-0.2, -0.15) is 0 Å². The van der Waals surface area contributed by atoms with E-state index in [0.29, 0.717) is 37.2 Å². The molecule has 2 aromatic rings. The molecule has 0 unspecified atom stereocenters. The maximum Gasteiger partial charge on any atom is 0.235 e. The van der Waals surface area contributed by atoms with E-state index >= 15 is 0 Å². The van der Waals surface area contributed by atoms with Crippen molar-refractivity contribution in [3.05, 3.63) is 48.4 Å². The van der Waals surface area contributed by atoms with Crippen molar-refractivity contribution in [1.82, 2.24) is 0 Å². The topological polar surface area (TPSA) is 79.6 Å². The van der Waals surface area contributed by atoms with Crippen molar-refractivity contribution < 1.29 is 17.6 Å². The second-order valence-corrected chi connectivity index (χ2v) is 7.43. The quantitative estimate of drug-likeness (QED) is 0.910. The van der Waals surface area contributed by atoms with Crippen molar-refractivity contribution in [1.29, 1.82) is 0 Å². The lowest BCUT2D eigenvalue weighted by Gasteiger charge is -2.17. The molecule has 2 heterocycles. The van der Waals surface area contributed by atoms with Crippen LogP contribution < -0.4 is 9.62 Å². The molecule has 0 aliphatic carbocycles. The van der Waals surface area contributed by atoms with Crippen LogP contribution in [0.2, 0.25) is 0 Å². The first kappa shape index (κ1) is 15.6. The Kier molecular flexibility index (Phi) is 4.38. The van der Waals surface area contributed by atoms with E-state index in [4.69, 9.17) is 4.42 Å². The van der Waals surface area contributed by atoms with Crippen LogP contribution in [0.25, 0.3) is 0 Å². The molecule has 1 aromatic carbocycles. The van der Waals surface area contributed by atoms with Gasteiger partial charge in [0.25, 0.3) is 0 Å². The zero-order valence-electron chi connectivity index (χ0n) is 12.6. The summed E-state index contributed by atoms with van der Waals surface area (Å²) in [5, 5.41) is 2.79. The van der Waals surface area contributed by atoms with Gasteiger partial charge in [0.2, 0.25) is 15.9 Å². The molecular weight excluding hydrogens is 316 g/mol. The number of aryl methyl sites for hydroxylation is 1. The van der Waals surface area contributed by atoms with Crippen LogP contribution in [0, 0.1) is 0 Å². The number of amides is 1. The monoisotopic (exact) mass is 334 g/mol. The lowest BCUT2D eigenvalue weighted by atomic mass is 10.2. The summed E-state index contributed by atoms with van der Waals surface area (Å²) < 4.78 is 30.3. The first-order chi connectivity index (χ1) is 11.0. The highest BCUT2D eigenvalue weighted by Crippen LogP contribution is 2.25. The highest BCUT2D eigenvalue weighted by Gasteiger charge is 2.28. The minimum atomic E-state index is -3.17. The van der Waals surface area contributed by atoms with Crippen LogP contribution in [0.1, 0.15) is 18.6 Å². The number of carbonyl (C=O) groups excluding carboxylic acids is 1. The Bertz CT molecular complexity index is 767. The Morgan fingerprint density at radius 1 is 1.22 bits per heavy atom. The van der Waals surface area contributed by atoms with Gasteiger partial charge in [-0.05, 0) is 42.8 Å². The lowest BCUT2D eigenvalue weighted by molar-refractivity contribution is -0.116. The standard InChI is InChI=1S/C16H18N2O4S/c19-16(9-8-15-3-1-11-22-15)17-13-4-6-14(7-5-13)18-10-2-12-23(18,20)21/h1,3-7,11H,2,8-10,12H2,(H,17,19). The molecule has 1 fully saturated rings. The van der Waals surface area contributed by atoms with Crippen LogP contribution >= 0.6 is 0 Å². The summed E-state index contributed by atoms with van der Waals surface area (Å²) in [5.74, 6) is 0.857. The molecule has 23 heavy (non-hydrogen) atoms. The molecule has 1 aromatic heterocycles. The summed E-state index contributed by atoms with van der Waals surface area (Å²) >= 11 is 0. The van der Waals surface area contributed by atoms with Gasteiger partial charge in [0.1, 0.15) is 5.76 Å². The summed E-state index contributed by atoms with van der Waals surface area (Å²) in [5.41, 5.74) is 1.28. The average molecular weight is 334 g/mol. The SMILES string of the molecule is O=C(CCc1ccco1)Nc1ccc(N2CCCS2(=O)=O)cc1. The number of benzene rings is 1. The molecule has 0 atom stereocenters. The van der Waals surface area contributed by atoms with Gasteiger partial charge >= 0.3 is 0 Å². The highest BCUT2D eigenvalue weighted by atomic mass is 32.2. The molecule has 7 heteroatoms. The summed E-state index contributed by atoms with van der Waals surface area (Å²) in [4.78, 5) is 11.9. The normalized spacial score (nSPS) is 16.4. The molecule has 1 aliphatic rings. The molecule has 1 amide bonds. The molecule has 3 rings (SSSR count). The Hall–Kier alpha value is -2.28. The zero-order chi connectivity index (χ0) is 16.3. The van der Waals surface area contributed by atoms with Crippen LogP contribution in [-0.2, 0) is 21.2 Å². The van der Waals surface area contributed by atoms with Crippen molar-refractivity contribution in [2.45, 2.75) is 19.3 Å². The third-order valence-electron chi connectivity index (χ3n) is 3.72. The maximum atomic E-state index is 11.9.